The van der Waals surface area contributed by atoms with E-state index in [1.807, 2.05) is 109 Å². The lowest BCUT2D eigenvalue weighted by Crippen LogP contribution is -1.96. The van der Waals surface area contributed by atoms with Gasteiger partial charge in [0.1, 0.15) is 0 Å². The first kappa shape index (κ1) is 47.0. The van der Waals surface area contributed by atoms with Gasteiger partial charge in [-0.1, -0.05) is 140 Å². The van der Waals surface area contributed by atoms with E-state index in [1.54, 1.807) is 24.3 Å². The van der Waals surface area contributed by atoms with Gasteiger partial charge in [0.05, 0.1) is 16.9 Å². The van der Waals surface area contributed by atoms with Crippen LogP contribution in [0.15, 0.2) is 210 Å². The van der Waals surface area contributed by atoms with Gasteiger partial charge in [-0.3, -0.25) is 14.8 Å². The summed E-state index contributed by atoms with van der Waals surface area (Å²) in [7, 11) is 0. The smallest absolute Gasteiger partial charge is 0.168 e. The summed E-state index contributed by atoms with van der Waals surface area (Å²) in [4.78, 5) is 19.7. The highest BCUT2D eigenvalue weighted by atomic mass is 16.3. The number of phenolic OH excluding ortho intramolecular Hbond substituents is 6. The van der Waals surface area contributed by atoms with Crippen molar-refractivity contribution >= 4 is 84.6 Å². The van der Waals surface area contributed by atoms with Gasteiger partial charge in [-0.25, -0.2) is 0 Å². The molecule has 11 nitrogen and oxygen atoms in total. The number of aldehydes is 1. The molecule has 72 heavy (non-hydrogen) atoms. The summed E-state index contributed by atoms with van der Waals surface area (Å²) < 4.78 is 0. The number of fused-ring (bicyclic) bond motifs is 4. The van der Waals surface area contributed by atoms with Crippen molar-refractivity contribution in [1.29, 1.82) is 0 Å². The van der Waals surface area contributed by atoms with Crippen molar-refractivity contribution in [2.45, 2.75) is 0 Å². The van der Waals surface area contributed by atoms with Crippen LogP contribution in [0.1, 0.15) is 21.5 Å². The van der Waals surface area contributed by atoms with Crippen LogP contribution in [0.25, 0.3) is 65.3 Å². The molecule has 0 radical (unpaired) electrons. The van der Waals surface area contributed by atoms with Gasteiger partial charge in [-0.2, -0.15) is 0 Å². The van der Waals surface area contributed by atoms with Gasteiger partial charge >= 0.3 is 0 Å². The van der Waals surface area contributed by atoms with E-state index in [0.717, 1.165) is 65.9 Å². The number of nitrogens with zero attached hydrogens (tertiary/aromatic N) is 2. The number of carbonyl (C=O) groups excluding carboxylic acids is 1. The molecule has 0 spiro atoms. The number of nitrogen functional groups attached to an aromatic ring is 2. The fourth-order valence-corrected chi connectivity index (χ4v) is 8.62. The Balaban J connectivity index is 0.000000165. The first-order chi connectivity index (χ1) is 35.0. The van der Waals surface area contributed by atoms with Gasteiger partial charge in [-0.05, 0) is 104 Å². The van der Waals surface area contributed by atoms with Crippen molar-refractivity contribution in [2.75, 3.05) is 11.5 Å². The minimum atomic E-state index is -0.363. The predicted octanol–water partition coefficient (Wildman–Crippen LogP) is 13.7. The molecule has 0 aromatic heterocycles. The fraction of sp³-hybridized carbons (Fsp3) is 0. The van der Waals surface area contributed by atoms with E-state index < -0.39 is 0 Å². The lowest BCUT2D eigenvalue weighted by atomic mass is 9.91. The van der Waals surface area contributed by atoms with Gasteiger partial charge in [0.25, 0.3) is 0 Å². The summed E-state index contributed by atoms with van der Waals surface area (Å²) in [5, 5.41) is 66.9. The molecule has 0 heterocycles. The Morgan fingerprint density at radius 1 is 0.319 bits per heavy atom. The summed E-state index contributed by atoms with van der Waals surface area (Å²) in [6.07, 6.45) is 3.54. The molecule has 352 valence electrons. The van der Waals surface area contributed by atoms with Crippen LogP contribution < -0.4 is 11.5 Å². The Morgan fingerprint density at radius 2 is 0.625 bits per heavy atom. The monoisotopic (exact) mass is 946 g/mol. The number of hydrogen-bond acceptors (Lipinski definition) is 11. The normalized spacial score (nSPS) is 11.2. The van der Waals surface area contributed by atoms with Gasteiger partial charge in [0.2, 0.25) is 0 Å². The zero-order valence-electron chi connectivity index (χ0n) is 38.4. The van der Waals surface area contributed by atoms with Gasteiger partial charge in [-0.15, -0.1) is 0 Å². The number of rotatable bonds is 7. The molecule has 0 bridgehead atoms. The van der Waals surface area contributed by atoms with Crippen LogP contribution in [0.5, 0.6) is 34.5 Å². The molecule has 0 saturated carbocycles. The SMILES string of the molecule is Nc1ccc2ccccc2c1-c1c(N)ccc2ccccc12.O=Cc1cccc(O)c1O.Oc1cccc(C=Nc2ccc3ccccc3c2-c2c(N=Cc3cccc(O)c3O)ccc3ccccc23)c1O. The van der Waals surface area contributed by atoms with Gasteiger partial charge in [0, 0.05) is 57.2 Å². The second-order valence-electron chi connectivity index (χ2n) is 16.6. The maximum atomic E-state index is 10.3. The minimum absolute atomic E-state index is 0.0972. The highest BCUT2D eigenvalue weighted by Crippen LogP contribution is 2.46. The van der Waals surface area contributed by atoms with Crippen molar-refractivity contribution in [3.05, 3.63) is 217 Å². The van der Waals surface area contributed by atoms with Crippen molar-refractivity contribution < 1.29 is 35.4 Å². The number of carbonyl (C=O) groups is 1. The average molecular weight is 947 g/mol. The molecule has 0 aliphatic heterocycles. The Hall–Kier alpha value is -10.1. The topological polar surface area (TPSA) is 215 Å². The molecule has 0 amide bonds. The second-order valence-corrected chi connectivity index (χ2v) is 16.6. The minimum Gasteiger partial charge on any atom is -0.504 e. The lowest BCUT2D eigenvalue weighted by molar-refractivity contribution is 0.112. The molecule has 11 rings (SSSR count). The number of aromatic hydroxyl groups is 6. The maximum absolute atomic E-state index is 10.3. The zero-order chi connectivity index (χ0) is 50.3. The van der Waals surface area contributed by atoms with Crippen molar-refractivity contribution in [2.24, 2.45) is 9.98 Å². The molecular weight excluding hydrogens is 901 g/mol. The first-order valence-corrected chi connectivity index (χ1v) is 22.7. The Bertz CT molecular complexity index is 3680. The van der Waals surface area contributed by atoms with Crippen LogP contribution in [0.3, 0.4) is 0 Å². The molecule has 10 N–H and O–H groups in total. The van der Waals surface area contributed by atoms with Gasteiger partial charge in [0.15, 0.2) is 40.8 Å². The third-order valence-electron chi connectivity index (χ3n) is 12.2. The number of hydrogen-bond donors (Lipinski definition) is 8. The number of aliphatic imine (C=N–C) groups is 2. The summed E-state index contributed by atoms with van der Waals surface area (Å²) >= 11 is 0. The van der Waals surface area contributed by atoms with Crippen LogP contribution in [0.2, 0.25) is 0 Å². The molecule has 11 heteroatoms. The summed E-state index contributed by atoms with van der Waals surface area (Å²) in [5.74, 6) is -1.56. The van der Waals surface area contributed by atoms with Crippen LogP contribution in [0.4, 0.5) is 22.7 Å². The zero-order valence-corrected chi connectivity index (χ0v) is 38.4. The predicted molar refractivity (Wildman–Crippen MR) is 292 cm³/mol. The fourth-order valence-electron chi connectivity index (χ4n) is 8.62. The van der Waals surface area contributed by atoms with E-state index >= 15 is 0 Å². The van der Waals surface area contributed by atoms with E-state index in [0.29, 0.717) is 28.8 Å². The van der Waals surface area contributed by atoms with E-state index in [4.69, 9.17) is 31.7 Å². The summed E-state index contributed by atoms with van der Waals surface area (Å²) in [6.45, 7) is 0. The molecule has 0 aliphatic carbocycles. The Morgan fingerprint density at radius 3 is 0.972 bits per heavy atom. The van der Waals surface area contributed by atoms with Crippen LogP contribution in [-0.4, -0.2) is 49.4 Å². The molecule has 0 aliphatic rings. The second kappa shape index (κ2) is 20.6. The first-order valence-electron chi connectivity index (χ1n) is 22.7. The molecule has 0 fully saturated rings. The Labute approximate surface area is 413 Å². The average Bonchev–Trinajstić information content (AvgIpc) is 3.40. The largest absolute Gasteiger partial charge is 0.504 e. The van der Waals surface area contributed by atoms with Crippen LogP contribution in [0, 0.1) is 0 Å². The van der Waals surface area contributed by atoms with E-state index in [2.05, 4.69) is 36.4 Å². The van der Waals surface area contributed by atoms with Crippen LogP contribution in [-0.2, 0) is 0 Å². The molecule has 11 aromatic rings. The third-order valence-corrected chi connectivity index (χ3v) is 12.2. The van der Waals surface area contributed by atoms with E-state index in [-0.39, 0.29) is 40.1 Å². The number of benzene rings is 11. The van der Waals surface area contributed by atoms with E-state index in [1.165, 1.54) is 53.5 Å². The Kier molecular flexibility index (Phi) is 13.4. The quantitative estimate of drug-likeness (QED) is 0.0330. The highest BCUT2D eigenvalue weighted by Gasteiger charge is 2.18. The summed E-state index contributed by atoms with van der Waals surface area (Å²) in [6, 6.07) is 62.1. The van der Waals surface area contributed by atoms with Crippen molar-refractivity contribution in [3.63, 3.8) is 0 Å². The van der Waals surface area contributed by atoms with Crippen molar-refractivity contribution in [3.8, 4) is 56.8 Å². The molecule has 0 saturated heterocycles. The number of phenols is 6. The molecule has 11 aromatic carbocycles. The third kappa shape index (κ3) is 9.49. The molecule has 0 atom stereocenters. The van der Waals surface area contributed by atoms with Crippen molar-refractivity contribution in [1.82, 2.24) is 0 Å². The summed E-state index contributed by atoms with van der Waals surface area (Å²) in [5.41, 5.74) is 20.0. The van der Waals surface area contributed by atoms with E-state index in [9.17, 15) is 25.2 Å². The number of nitrogens with two attached hydrogens (primary N) is 2. The lowest BCUT2D eigenvalue weighted by Gasteiger charge is -2.16. The van der Waals surface area contributed by atoms with Crippen LogP contribution >= 0.6 is 0 Å². The highest BCUT2D eigenvalue weighted by molar-refractivity contribution is 6.15. The van der Waals surface area contributed by atoms with Gasteiger partial charge < -0.3 is 42.1 Å². The maximum Gasteiger partial charge on any atom is 0.168 e. The number of anilines is 2. The molecule has 0 unspecified atom stereocenters. The molecular formula is C61H46N4O7. The standard InChI is InChI=1S/C34H24N2O4.C20H16N2.C7H6O3/c37-29-13-5-9-23(33(29)39)19-35-27-17-15-21-7-1-3-11-25(21)31(27)32-26-12-4-2-8-22(26)16-18-28(32)36-20-24-10-6-14-30(38)34(24)40;21-17-11-9-13-5-1-3-7-15(13)19(17)20-16-8-4-2-6-14(16)10-12-18(20)22;8-4-5-2-1-3-6(9)7(5)10/h1-20,37-40H;1-12H,21-22H2;1-4,9-10H. The number of para-hydroxylation sites is 3.